The van der Waals surface area contributed by atoms with Gasteiger partial charge in [-0.1, -0.05) is 30.3 Å². The summed E-state index contributed by atoms with van der Waals surface area (Å²) in [5.74, 6) is -1.20. The number of carbonyl (C=O) groups excluding carboxylic acids is 2. The van der Waals surface area contributed by atoms with E-state index in [1.165, 1.54) is 7.11 Å². The molecular weight excluding hydrogens is 308 g/mol. The maximum Gasteiger partial charge on any atom is 0.309 e. The van der Waals surface area contributed by atoms with Gasteiger partial charge < -0.3 is 14.2 Å². The number of carbonyl (C=O) groups is 2. The summed E-state index contributed by atoms with van der Waals surface area (Å²) < 4.78 is 16.1. The highest BCUT2D eigenvalue weighted by molar-refractivity contribution is 5.80. The molecule has 0 N–H and O–H groups in total. The van der Waals surface area contributed by atoms with Gasteiger partial charge in [-0.3, -0.25) is 9.59 Å². The first-order chi connectivity index (χ1) is 11.6. The number of methoxy groups -OCH3 is 1. The molecule has 1 saturated carbocycles. The molecule has 1 aromatic carbocycles. The SMILES string of the molecule is COC(=O)C(CC(=O)OCc1ccccc1)C1CCC2(CC2)OC1. The lowest BCUT2D eigenvalue weighted by Crippen LogP contribution is -2.36. The fourth-order valence-electron chi connectivity index (χ4n) is 3.31. The van der Waals surface area contributed by atoms with Crippen molar-refractivity contribution in [2.24, 2.45) is 11.8 Å². The Hall–Kier alpha value is -1.88. The van der Waals surface area contributed by atoms with Crippen molar-refractivity contribution in [2.45, 2.75) is 44.3 Å². The molecule has 3 rings (SSSR count). The molecule has 5 heteroatoms. The van der Waals surface area contributed by atoms with Crippen molar-refractivity contribution < 1.29 is 23.8 Å². The van der Waals surface area contributed by atoms with Crippen LogP contribution in [0.4, 0.5) is 0 Å². The van der Waals surface area contributed by atoms with Crippen LogP contribution in [-0.2, 0) is 30.4 Å². The van der Waals surface area contributed by atoms with Gasteiger partial charge in [-0.25, -0.2) is 0 Å². The van der Waals surface area contributed by atoms with Gasteiger partial charge in [0.2, 0.25) is 0 Å². The Kier molecular flexibility index (Phi) is 5.19. The van der Waals surface area contributed by atoms with Crippen molar-refractivity contribution >= 4 is 11.9 Å². The average molecular weight is 332 g/mol. The van der Waals surface area contributed by atoms with Crippen molar-refractivity contribution in [3.8, 4) is 0 Å². The minimum Gasteiger partial charge on any atom is -0.469 e. The van der Waals surface area contributed by atoms with Crippen molar-refractivity contribution in [3.63, 3.8) is 0 Å². The summed E-state index contributed by atoms with van der Waals surface area (Å²) in [7, 11) is 1.36. The third-order valence-electron chi connectivity index (χ3n) is 5.08. The first kappa shape index (κ1) is 17.0. The van der Waals surface area contributed by atoms with Crippen LogP contribution in [0.1, 0.15) is 37.7 Å². The van der Waals surface area contributed by atoms with E-state index in [0.717, 1.165) is 31.2 Å². The molecule has 0 aromatic heterocycles. The average Bonchev–Trinajstić information content (AvgIpc) is 3.38. The molecule has 1 aliphatic heterocycles. The van der Waals surface area contributed by atoms with Crippen LogP contribution in [0.2, 0.25) is 0 Å². The molecule has 1 heterocycles. The number of rotatable bonds is 6. The molecule has 1 spiro atoms. The number of esters is 2. The summed E-state index contributed by atoms with van der Waals surface area (Å²) in [6.45, 7) is 0.740. The van der Waals surface area contributed by atoms with E-state index in [1.54, 1.807) is 0 Å². The van der Waals surface area contributed by atoms with Gasteiger partial charge >= 0.3 is 11.9 Å². The summed E-state index contributed by atoms with van der Waals surface area (Å²) in [5, 5.41) is 0. The summed E-state index contributed by atoms with van der Waals surface area (Å²) in [6.07, 6.45) is 4.12. The quantitative estimate of drug-likeness (QED) is 0.750. The fraction of sp³-hybridized carbons (Fsp3) is 0.579. The molecule has 2 atom stereocenters. The van der Waals surface area contributed by atoms with Crippen LogP contribution in [0.15, 0.2) is 30.3 Å². The second kappa shape index (κ2) is 7.34. The predicted octanol–water partition coefficient (Wildman–Crippen LogP) is 2.87. The Labute approximate surface area is 142 Å². The topological polar surface area (TPSA) is 61.8 Å². The van der Waals surface area contributed by atoms with Crippen molar-refractivity contribution in [3.05, 3.63) is 35.9 Å². The van der Waals surface area contributed by atoms with Gasteiger partial charge in [0.1, 0.15) is 6.61 Å². The molecule has 2 unspecified atom stereocenters. The lowest BCUT2D eigenvalue weighted by Gasteiger charge is -2.32. The number of ether oxygens (including phenoxy) is 3. The molecule has 0 amide bonds. The van der Waals surface area contributed by atoms with Crippen LogP contribution < -0.4 is 0 Å². The molecule has 2 fully saturated rings. The lowest BCUT2D eigenvalue weighted by molar-refractivity contribution is -0.159. The Morgan fingerprint density at radius 1 is 1.25 bits per heavy atom. The minimum absolute atomic E-state index is 0.0213. The highest BCUT2D eigenvalue weighted by atomic mass is 16.5. The van der Waals surface area contributed by atoms with E-state index in [1.807, 2.05) is 30.3 Å². The Balaban J connectivity index is 1.53. The second-order valence-corrected chi connectivity index (χ2v) is 6.77. The van der Waals surface area contributed by atoms with E-state index in [9.17, 15) is 9.59 Å². The molecule has 1 aliphatic carbocycles. The molecular formula is C19H24O5. The highest BCUT2D eigenvalue weighted by Crippen LogP contribution is 2.48. The largest absolute Gasteiger partial charge is 0.469 e. The summed E-state index contributed by atoms with van der Waals surface area (Å²) in [6, 6.07) is 9.50. The zero-order valence-electron chi connectivity index (χ0n) is 14.0. The molecule has 0 radical (unpaired) electrons. The van der Waals surface area contributed by atoms with Crippen molar-refractivity contribution in [2.75, 3.05) is 13.7 Å². The van der Waals surface area contributed by atoms with E-state index < -0.39 is 5.92 Å². The molecule has 1 saturated heterocycles. The minimum atomic E-state index is -0.491. The maximum atomic E-state index is 12.2. The zero-order chi connectivity index (χ0) is 17.0. The summed E-state index contributed by atoms with van der Waals surface area (Å²) in [5.41, 5.74) is 1.00. The Bertz CT molecular complexity index is 569. The molecule has 1 aromatic rings. The summed E-state index contributed by atoms with van der Waals surface area (Å²) in [4.78, 5) is 24.3. The molecule has 2 aliphatic rings. The maximum absolute atomic E-state index is 12.2. The van der Waals surface area contributed by atoms with E-state index in [2.05, 4.69) is 0 Å². The van der Waals surface area contributed by atoms with Crippen molar-refractivity contribution in [1.82, 2.24) is 0 Å². The normalized spacial score (nSPS) is 22.6. The van der Waals surface area contributed by atoms with E-state index in [-0.39, 0.29) is 36.5 Å². The second-order valence-electron chi connectivity index (χ2n) is 6.77. The van der Waals surface area contributed by atoms with Gasteiger partial charge in [-0.05, 0) is 37.2 Å². The Morgan fingerprint density at radius 3 is 2.58 bits per heavy atom. The summed E-state index contributed by atoms with van der Waals surface area (Å²) >= 11 is 0. The molecule has 5 nitrogen and oxygen atoms in total. The highest BCUT2D eigenvalue weighted by Gasteiger charge is 2.48. The van der Waals surface area contributed by atoms with Gasteiger partial charge in [0.25, 0.3) is 0 Å². The van der Waals surface area contributed by atoms with E-state index in [4.69, 9.17) is 14.2 Å². The molecule has 130 valence electrons. The third-order valence-corrected chi connectivity index (χ3v) is 5.08. The van der Waals surface area contributed by atoms with Gasteiger partial charge in [-0.2, -0.15) is 0 Å². The van der Waals surface area contributed by atoms with Gasteiger partial charge in [0.05, 0.1) is 31.7 Å². The van der Waals surface area contributed by atoms with Crippen LogP contribution in [0.5, 0.6) is 0 Å². The monoisotopic (exact) mass is 332 g/mol. The van der Waals surface area contributed by atoms with E-state index >= 15 is 0 Å². The molecule has 0 bridgehead atoms. The first-order valence-corrected chi connectivity index (χ1v) is 8.53. The number of benzene rings is 1. The van der Waals surface area contributed by atoms with Crippen LogP contribution in [0, 0.1) is 11.8 Å². The van der Waals surface area contributed by atoms with Gasteiger partial charge in [-0.15, -0.1) is 0 Å². The third kappa shape index (κ3) is 4.15. The van der Waals surface area contributed by atoms with Gasteiger partial charge in [0.15, 0.2) is 0 Å². The van der Waals surface area contributed by atoms with Gasteiger partial charge in [0, 0.05) is 0 Å². The van der Waals surface area contributed by atoms with Crippen LogP contribution in [0.3, 0.4) is 0 Å². The molecule has 24 heavy (non-hydrogen) atoms. The Morgan fingerprint density at radius 2 is 2.00 bits per heavy atom. The van der Waals surface area contributed by atoms with Crippen LogP contribution in [-0.4, -0.2) is 31.3 Å². The standard InChI is InChI=1S/C19H24O5/c1-22-18(21)16(15-7-8-19(9-10-19)24-13-15)11-17(20)23-12-14-5-3-2-4-6-14/h2-6,15-16H,7-13H2,1H3. The fourth-order valence-corrected chi connectivity index (χ4v) is 3.31. The van der Waals surface area contributed by atoms with Crippen LogP contribution in [0.25, 0.3) is 0 Å². The van der Waals surface area contributed by atoms with E-state index in [0.29, 0.717) is 6.61 Å². The number of hydrogen-bond donors (Lipinski definition) is 0. The number of hydrogen-bond acceptors (Lipinski definition) is 5. The van der Waals surface area contributed by atoms with Crippen LogP contribution >= 0.6 is 0 Å². The van der Waals surface area contributed by atoms with Crippen molar-refractivity contribution in [1.29, 1.82) is 0 Å². The predicted molar refractivity (Wildman–Crippen MR) is 87.0 cm³/mol. The zero-order valence-corrected chi connectivity index (χ0v) is 14.0. The first-order valence-electron chi connectivity index (χ1n) is 8.53. The lowest BCUT2D eigenvalue weighted by atomic mass is 9.83. The smallest absolute Gasteiger partial charge is 0.309 e.